The Morgan fingerprint density at radius 3 is 2.50 bits per heavy atom. The maximum Gasteiger partial charge on any atom is 0.306 e. The van der Waals surface area contributed by atoms with E-state index in [0.717, 1.165) is 0 Å². The molecule has 0 unspecified atom stereocenters. The second-order valence-electron chi connectivity index (χ2n) is 3.92. The Morgan fingerprint density at radius 1 is 1.36 bits per heavy atom. The van der Waals surface area contributed by atoms with E-state index < -0.39 is 32.9 Å². The molecule has 5 nitrogen and oxygen atoms in total. The van der Waals surface area contributed by atoms with Crippen molar-refractivity contribution in [1.82, 2.24) is 0 Å². The first-order chi connectivity index (χ1) is 6.42. The smallest absolute Gasteiger partial charge is 0.306 e. The number of hydrogen-bond acceptors (Lipinski definition) is 4. The molecule has 1 heterocycles. The molecule has 2 aliphatic rings. The van der Waals surface area contributed by atoms with Gasteiger partial charge in [0.25, 0.3) is 0 Å². The summed E-state index contributed by atoms with van der Waals surface area (Å²) in [4.78, 5) is 22.1. The van der Waals surface area contributed by atoms with Gasteiger partial charge in [-0.1, -0.05) is 0 Å². The summed E-state index contributed by atoms with van der Waals surface area (Å²) >= 11 is 0. The largest absolute Gasteiger partial charge is 0.481 e. The third-order valence-electron chi connectivity index (χ3n) is 3.00. The van der Waals surface area contributed by atoms with Crippen molar-refractivity contribution < 1.29 is 23.1 Å². The van der Waals surface area contributed by atoms with Crippen LogP contribution < -0.4 is 0 Å². The summed E-state index contributed by atoms with van der Waals surface area (Å²) in [7, 11) is -3.35. The molecule has 0 aromatic rings. The van der Waals surface area contributed by atoms with E-state index in [1.807, 2.05) is 0 Å². The van der Waals surface area contributed by atoms with Gasteiger partial charge in [-0.25, -0.2) is 8.42 Å². The minimum absolute atomic E-state index is 0.0347. The molecule has 1 saturated heterocycles. The van der Waals surface area contributed by atoms with Crippen molar-refractivity contribution in [3.8, 4) is 0 Å². The van der Waals surface area contributed by atoms with E-state index in [2.05, 4.69) is 0 Å². The van der Waals surface area contributed by atoms with Gasteiger partial charge in [0.1, 0.15) is 5.25 Å². The minimum atomic E-state index is -3.35. The molecular weight excluding hydrogens is 208 g/mol. The van der Waals surface area contributed by atoms with E-state index in [9.17, 15) is 18.0 Å². The highest BCUT2D eigenvalue weighted by Gasteiger charge is 2.52. The summed E-state index contributed by atoms with van der Waals surface area (Å²) in [5.41, 5.74) is 0. The molecule has 2 fully saturated rings. The first-order valence-corrected chi connectivity index (χ1v) is 6.11. The summed E-state index contributed by atoms with van der Waals surface area (Å²) < 4.78 is 22.8. The van der Waals surface area contributed by atoms with Gasteiger partial charge < -0.3 is 5.11 Å². The van der Waals surface area contributed by atoms with Crippen LogP contribution in [0.25, 0.3) is 0 Å². The average Bonchev–Trinajstić information content (AvgIpc) is 2.22. The molecule has 1 aliphatic heterocycles. The number of carbonyl (C=O) groups excluding carboxylic acids is 1. The highest BCUT2D eigenvalue weighted by atomic mass is 32.2. The van der Waals surface area contributed by atoms with Crippen molar-refractivity contribution in [2.45, 2.75) is 18.1 Å². The van der Waals surface area contributed by atoms with E-state index in [0.29, 0.717) is 0 Å². The van der Waals surface area contributed by atoms with Crippen LogP contribution in [0.2, 0.25) is 0 Å². The van der Waals surface area contributed by atoms with Gasteiger partial charge in [0.15, 0.2) is 15.6 Å². The molecule has 6 heteroatoms. The zero-order valence-corrected chi connectivity index (χ0v) is 8.16. The summed E-state index contributed by atoms with van der Waals surface area (Å²) in [5, 5.41) is 7.71. The Kier molecular flexibility index (Phi) is 1.92. The molecule has 2 rings (SSSR count). The van der Waals surface area contributed by atoms with E-state index in [1.54, 1.807) is 0 Å². The maximum atomic E-state index is 11.4. The van der Waals surface area contributed by atoms with Crippen LogP contribution in [0.1, 0.15) is 12.8 Å². The van der Waals surface area contributed by atoms with Gasteiger partial charge in [-0.2, -0.15) is 0 Å². The highest BCUT2D eigenvalue weighted by Crippen LogP contribution is 2.38. The monoisotopic (exact) mass is 218 g/mol. The normalized spacial score (nSPS) is 39.7. The van der Waals surface area contributed by atoms with Gasteiger partial charge in [-0.3, -0.25) is 9.59 Å². The quantitative estimate of drug-likeness (QED) is 0.638. The Bertz CT molecular complexity index is 396. The second kappa shape index (κ2) is 2.79. The Morgan fingerprint density at radius 2 is 2.00 bits per heavy atom. The molecule has 78 valence electrons. The molecular formula is C8H10O5S. The molecule has 0 radical (unpaired) electrons. The van der Waals surface area contributed by atoms with Crippen molar-refractivity contribution in [1.29, 1.82) is 0 Å². The first-order valence-electron chi connectivity index (χ1n) is 4.40. The summed E-state index contributed by atoms with van der Waals surface area (Å²) in [6.45, 7) is 0. The lowest BCUT2D eigenvalue weighted by atomic mass is 9.81. The van der Waals surface area contributed by atoms with Crippen LogP contribution in [0.15, 0.2) is 0 Å². The van der Waals surface area contributed by atoms with Gasteiger partial charge in [-0.15, -0.1) is 0 Å². The lowest BCUT2D eigenvalue weighted by Crippen LogP contribution is -2.35. The molecule has 0 aromatic carbocycles. The number of sulfone groups is 1. The predicted octanol–water partition coefficient (Wildman–Crippen LogP) is -0.537. The molecule has 1 aliphatic carbocycles. The first kappa shape index (κ1) is 9.64. The molecule has 0 spiro atoms. The zero-order chi connectivity index (χ0) is 10.5. The SMILES string of the molecule is O=C(O)[C@H]1C[C@H]2CS(=O)(=O)[C@H](C1)C2=O. The fraction of sp³-hybridized carbons (Fsp3) is 0.750. The topological polar surface area (TPSA) is 88.5 Å². The zero-order valence-electron chi connectivity index (χ0n) is 7.34. The van der Waals surface area contributed by atoms with Gasteiger partial charge in [0.2, 0.25) is 0 Å². The van der Waals surface area contributed by atoms with E-state index in [1.165, 1.54) is 0 Å². The fourth-order valence-electron chi connectivity index (χ4n) is 2.27. The lowest BCUT2D eigenvalue weighted by molar-refractivity contribution is -0.144. The van der Waals surface area contributed by atoms with Crippen LogP contribution >= 0.6 is 0 Å². The van der Waals surface area contributed by atoms with Gasteiger partial charge in [-0.05, 0) is 12.8 Å². The Hall–Kier alpha value is -0.910. The predicted molar refractivity (Wildman–Crippen MR) is 46.4 cm³/mol. The van der Waals surface area contributed by atoms with Crippen LogP contribution in [0.3, 0.4) is 0 Å². The van der Waals surface area contributed by atoms with Crippen LogP contribution in [0.5, 0.6) is 0 Å². The second-order valence-corrected chi connectivity index (χ2v) is 6.15. The molecule has 2 bridgehead atoms. The van der Waals surface area contributed by atoms with Crippen molar-refractivity contribution in [2.75, 3.05) is 5.75 Å². The maximum absolute atomic E-state index is 11.4. The Labute approximate surface area is 81.0 Å². The number of ketones is 1. The number of fused-ring (bicyclic) bond motifs is 2. The molecule has 0 amide bonds. The van der Waals surface area contributed by atoms with Crippen molar-refractivity contribution >= 4 is 21.6 Å². The van der Waals surface area contributed by atoms with E-state index in [4.69, 9.17) is 5.11 Å². The summed E-state index contributed by atoms with van der Waals surface area (Å²) in [6.07, 6.45) is 0.150. The summed E-state index contributed by atoms with van der Waals surface area (Å²) in [6, 6.07) is 0. The van der Waals surface area contributed by atoms with Crippen molar-refractivity contribution in [2.24, 2.45) is 11.8 Å². The van der Waals surface area contributed by atoms with Crippen molar-refractivity contribution in [3.63, 3.8) is 0 Å². The number of carboxylic acid groups (broad SMARTS) is 1. The van der Waals surface area contributed by atoms with Crippen molar-refractivity contribution in [3.05, 3.63) is 0 Å². The lowest BCUT2D eigenvalue weighted by Gasteiger charge is -2.21. The number of carbonyl (C=O) groups is 2. The minimum Gasteiger partial charge on any atom is -0.481 e. The number of rotatable bonds is 1. The third kappa shape index (κ3) is 1.25. The van der Waals surface area contributed by atoms with E-state index in [-0.39, 0.29) is 24.4 Å². The van der Waals surface area contributed by atoms with Crippen LogP contribution in [0, 0.1) is 11.8 Å². The molecule has 1 saturated carbocycles. The average molecular weight is 218 g/mol. The van der Waals surface area contributed by atoms with Gasteiger partial charge >= 0.3 is 5.97 Å². The molecule has 3 atom stereocenters. The van der Waals surface area contributed by atoms with Crippen LogP contribution in [-0.2, 0) is 19.4 Å². The number of aliphatic carboxylic acids is 1. The molecule has 14 heavy (non-hydrogen) atoms. The standard InChI is InChI=1S/C8H10O5S/c9-7-5-1-4(8(10)11)2-6(7)14(12,13)3-5/h4-6H,1-3H2,(H,10,11)/t4-,5-,6+/m0/s1. The number of carboxylic acids is 1. The van der Waals surface area contributed by atoms with Gasteiger partial charge in [0, 0.05) is 5.92 Å². The number of Topliss-reactive ketones (excluding diaryl/α,β-unsaturated/α-hetero) is 1. The van der Waals surface area contributed by atoms with Crippen LogP contribution in [0.4, 0.5) is 0 Å². The molecule has 1 N–H and O–H groups in total. The van der Waals surface area contributed by atoms with Crippen LogP contribution in [-0.4, -0.2) is 36.3 Å². The fourth-order valence-corrected chi connectivity index (χ4v) is 4.43. The van der Waals surface area contributed by atoms with Gasteiger partial charge in [0.05, 0.1) is 11.7 Å². The van der Waals surface area contributed by atoms with E-state index >= 15 is 0 Å². The molecule has 0 aromatic heterocycles. The summed E-state index contributed by atoms with van der Waals surface area (Å²) in [5.74, 6) is -2.66. The Balaban J connectivity index is 2.33. The third-order valence-corrected chi connectivity index (χ3v) is 5.16. The highest BCUT2D eigenvalue weighted by molar-refractivity contribution is 7.93. The number of hydrogen-bond donors (Lipinski definition) is 1.